The minimum absolute atomic E-state index is 0. The van der Waals surface area contributed by atoms with Crippen molar-refractivity contribution in [2.45, 2.75) is 40.0 Å². The molecule has 0 bridgehead atoms. The first kappa shape index (κ1) is 20.0. The average Bonchev–Trinajstić information content (AvgIpc) is 2.37. The maximum absolute atomic E-state index is 4.21. The van der Waals surface area contributed by atoms with E-state index < -0.39 is 0 Å². The average molecular weight is 396 g/mol. The number of piperidine rings is 1. The molecule has 4 nitrogen and oxygen atoms in total. The van der Waals surface area contributed by atoms with Gasteiger partial charge < -0.3 is 15.5 Å². The van der Waals surface area contributed by atoms with Crippen LogP contribution >= 0.6 is 24.0 Å². The predicted octanol–water partition coefficient (Wildman–Crippen LogP) is 2.55. The van der Waals surface area contributed by atoms with Crippen LogP contribution < -0.4 is 10.6 Å². The molecular formula is C15H33IN4. The van der Waals surface area contributed by atoms with Crippen LogP contribution in [0.5, 0.6) is 0 Å². The largest absolute Gasteiger partial charge is 0.356 e. The molecule has 0 aromatic rings. The van der Waals surface area contributed by atoms with Crippen molar-refractivity contribution in [3.63, 3.8) is 0 Å². The number of aliphatic imine (C=N–C) groups is 1. The van der Waals surface area contributed by atoms with Gasteiger partial charge in [-0.3, -0.25) is 4.99 Å². The van der Waals surface area contributed by atoms with Crippen molar-refractivity contribution in [1.29, 1.82) is 0 Å². The number of hydrogen-bond donors (Lipinski definition) is 2. The van der Waals surface area contributed by atoms with E-state index in [-0.39, 0.29) is 24.0 Å². The molecule has 0 aromatic heterocycles. The van der Waals surface area contributed by atoms with Gasteiger partial charge in [-0.1, -0.05) is 20.8 Å². The minimum Gasteiger partial charge on any atom is -0.356 e. The van der Waals surface area contributed by atoms with Crippen molar-refractivity contribution < 1.29 is 0 Å². The van der Waals surface area contributed by atoms with Crippen LogP contribution in [0.1, 0.15) is 40.0 Å². The van der Waals surface area contributed by atoms with Crippen LogP contribution in [0.3, 0.4) is 0 Å². The van der Waals surface area contributed by atoms with Crippen LogP contribution in [-0.4, -0.2) is 50.6 Å². The summed E-state index contributed by atoms with van der Waals surface area (Å²) in [6, 6.07) is 0. The Bertz CT molecular complexity index is 261. The summed E-state index contributed by atoms with van der Waals surface area (Å²) >= 11 is 0. The van der Waals surface area contributed by atoms with E-state index in [9.17, 15) is 0 Å². The Morgan fingerprint density at radius 1 is 1.15 bits per heavy atom. The Hall–Kier alpha value is -0.0400. The van der Waals surface area contributed by atoms with Crippen LogP contribution in [0.4, 0.5) is 0 Å². The molecule has 0 aromatic carbocycles. The van der Waals surface area contributed by atoms with Crippen LogP contribution in [0.25, 0.3) is 0 Å². The Morgan fingerprint density at radius 3 is 2.30 bits per heavy atom. The lowest BCUT2D eigenvalue weighted by Crippen LogP contribution is -2.41. The van der Waals surface area contributed by atoms with Gasteiger partial charge in [0.1, 0.15) is 0 Å². The van der Waals surface area contributed by atoms with E-state index in [1.807, 2.05) is 7.05 Å². The summed E-state index contributed by atoms with van der Waals surface area (Å²) in [7, 11) is 1.83. The molecule has 1 rings (SSSR count). The highest BCUT2D eigenvalue weighted by atomic mass is 127. The van der Waals surface area contributed by atoms with E-state index in [0.29, 0.717) is 0 Å². The second-order valence-electron chi connectivity index (χ2n) is 5.98. The van der Waals surface area contributed by atoms with E-state index >= 15 is 0 Å². The molecule has 5 heteroatoms. The molecule has 1 aliphatic rings. The van der Waals surface area contributed by atoms with Crippen LogP contribution in [0.2, 0.25) is 0 Å². The smallest absolute Gasteiger partial charge is 0.190 e. The third-order valence-corrected chi connectivity index (χ3v) is 3.65. The van der Waals surface area contributed by atoms with Gasteiger partial charge in [0.2, 0.25) is 0 Å². The molecule has 1 heterocycles. The second-order valence-corrected chi connectivity index (χ2v) is 5.98. The molecule has 120 valence electrons. The van der Waals surface area contributed by atoms with Crippen molar-refractivity contribution in [3.05, 3.63) is 0 Å². The van der Waals surface area contributed by atoms with Crippen molar-refractivity contribution in [1.82, 2.24) is 15.5 Å². The molecule has 2 atom stereocenters. The van der Waals surface area contributed by atoms with Crippen LogP contribution in [0.15, 0.2) is 4.99 Å². The number of halogens is 1. The van der Waals surface area contributed by atoms with Crippen molar-refractivity contribution in [2.75, 3.05) is 39.8 Å². The van der Waals surface area contributed by atoms with Crippen molar-refractivity contribution >= 4 is 29.9 Å². The van der Waals surface area contributed by atoms with Gasteiger partial charge in [0.15, 0.2) is 5.96 Å². The van der Waals surface area contributed by atoms with E-state index in [2.05, 4.69) is 41.3 Å². The summed E-state index contributed by atoms with van der Waals surface area (Å²) in [5.74, 6) is 2.65. The minimum atomic E-state index is 0. The summed E-state index contributed by atoms with van der Waals surface area (Å²) in [5.41, 5.74) is 0. The summed E-state index contributed by atoms with van der Waals surface area (Å²) in [6.07, 6.45) is 3.71. The molecule has 0 amide bonds. The molecule has 0 saturated carbocycles. The number of nitrogens with one attached hydrogen (secondary N) is 2. The topological polar surface area (TPSA) is 39.7 Å². The number of hydrogen-bond acceptors (Lipinski definition) is 2. The normalized spacial score (nSPS) is 24.1. The fourth-order valence-electron chi connectivity index (χ4n) is 2.95. The Kier molecular flexibility index (Phi) is 11.6. The zero-order valence-electron chi connectivity index (χ0n) is 13.6. The first-order valence-electron chi connectivity index (χ1n) is 7.82. The van der Waals surface area contributed by atoms with E-state index in [0.717, 1.165) is 37.3 Å². The van der Waals surface area contributed by atoms with Crippen LogP contribution in [-0.2, 0) is 0 Å². The van der Waals surface area contributed by atoms with Gasteiger partial charge in [-0.25, -0.2) is 0 Å². The van der Waals surface area contributed by atoms with E-state index in [1.165, 1.54) is 32.5 Å². The van der Waals surface area contributed by atoms with Crippen molar-refractivity contribution in [2.24, 2.45) is 16.8 Å². The molecule has 0 aliphatic carbocycles. The molecule has 1 saturated heterocycles. The monoisotopic (exact) mass is 396 g/mol. The molecule has 0 spiro atoms. The molecule has 2 N–H and O–H groups in total. The highest BCUT2D eigenvalue weighted by Gasteiger charge is 2.20. The zero-order valence-corrected chi connectivity index (χ0v) is 15.9. The zero-order chi connectivity index (χ0) is 14.1. The summed E-state index contributed by atoms with van der Waals surface area (Å²) in [5, 5.41) is 6.68. The maximum atomic E-state index is 4.21. The summed E-state index contributed by atoms with van der Waals surface area (Å²) in [6.45, 7) is 12.6. The number of nitrogens with zero attached hydrogens (tertiary/aromatic N) is 2. The third kappa shape index (κ3) is 8.29. The fraction of sp³-hybridized carbons (Fsp3) is 0.933. The number of likely N-dealkylation sites (tertiary alicyclic amines) is 1. The third-order valence-electron chi connectivity index (χ3n) is 3.65. The Morgan fingerprint density at radius 2 is 1.75 bits per heavy atom. The maximum Gasteiger partial charge on any atom is 0.190 e. The van der Waals surface area contributed by atoms with Crippen LogP contribution in [0, 0.1) is 11.8 Å². The van der Waals surface area contributed by atoms with E-state index in [4.69, 9.17) is 0 Å². The van der Waals surface area contributed by atoms with Gasteiger partial charge in [-0.2, -0.15) is 0 Å². The lowest BCUT2D eigenvalue weighted by Gasteiger charge is -2.35. The highest BCUT2D eigenvalue weighted by molar-refractivity contribution is 14.0. The first-order chi connectivity index (χ1) is 9.15. The second kappa shape index (κ2) is 11.6. The lowest BCUT2D eigenvalue weighted by atomic mass is 9.92. The van der Waals surface area contributed by atoms with Gasteiger partial charge in [0.05, 0.1) is 0 Å². The Balaban J connectivity index is 0.00000361. The molecule has 1 fully saturated rings. The van der Waals surface area contributed by atoms with Gasteiger partial charge in [-0.05, 0) is 37.6 Å². The summed E-state index contributed by atoms with van der Waals surface area (Å²) < 4.78 is 0. The van der Waals surface area contributed by atoms with E-state index in [1.54, 1.807) is 0 Å². The highest BCUT2D eigenvalue weighted by Crippen LogP contribution is 2.20. The fourth-order valence-corrected chi connectivity index (χ4v) is 2.95. The molecular weight excluding hydrogens is 363 g/mol. The SMILES string of the molecule is CCCNC(=NC)NCCCN1CC(C)CC(C)C1.I. The number of guanidine groups is 1. The quantitative estimate of drug-likeness (QED) is 0.314. The molecule has 2 unspecified atom stereocenters. The summed E-state index contributed by atoms with van der Waals surface area (Å²) in [4.78, 5) is 6.83. The predicted molar refractivity (Wildman–Crippen MR) is 99.1 cm³/mol. The van der Waals surface area contributed by atoms with Gasteiger partial charge in [0.25, 0.3) is 0 Å². The van der Waals surface area contributed by atoms with Gasteiger partial charge in [0, 0.05) is 33.2 Å². The Labute approximate surface area is 142 Å². The lowest BCUT2D eigenvalue weighted by molar-refractivity contribution is 0.140. The first-order valence-corrected chi connectivity index (χ1v) is 7.82. The van der Waals surface area contributed by atoms with Crippen molar-refractivity contribution in [3.8, 4) is 0 Å². The van der Waals surface area contributed by atoms with Gasteiger partial charge in [-0.15, -0.1) is 24.0 Å². The molecule has 20 heavy (non-hydrogen) atoms. The van der Waals surface area contributed by atoms with Gasteiger partial charge >= 0.3 is 0 Å². The standard InChI is InChI=1S/C15H32N4.HI/c1-5-7-17-15(16-4)18-8-6-9-19-11-13(2)10-14(3)12-19;/h13-14H,5-12H2,1-4H3,(H2,16,17,18);1H. The molecule has 0 radical (unpaired) electrons. The molecule has 1 aliphatic heterocycles. The number of rotatable bonds is 6.